The number of nitrogens with one attached hydrogen (secondary N) is 2. The maximum Gasteiger partial charge on any atom is 0.354 e. The molecular weight excluding hydrogens is 566 g/mol. The second kappa shape index (κ2) is 12.0. The van der Waals surface area contributed by atoms with Crippen LogP contribution in [-0.2, 0) is 9.47 Å². The van der Waals surface area contributed by atoms with Gasteiger partial charge in [0.2, 0.25) is 5.95 Å². The lowest BCUT2D eigenvalue weighted by Gasteiger charge is -2.34. The minimum atomic E-state index is -1.81. The third kappa shape index (κ3) is 5.49. The molecule has 2 aliphatic rings. The summed E-state index contributed by atoms with van der Waals surface area (Å²) in [6.45, 7) is 7.36. The number of hydrazine groups is 1. The van der Waals surface area contributed by atoms with Crippen LogP contribution in [-0.4, -0.2) is 92.2 Å². The standard InChI is InChI=1S/C26H35N9O8/c1-6-8-25(28)18(38)16(13(4)36)42-20(25)34-11-29-22(31-23(34)40)32-33-26(9-7-2)19(39)17(14(5)37)43-21(26)35-12(3)10-15(27)30-24(35)41/h10-11,13-14,16-21,33,36-39H,28H2,1-5H3,(H2,27,30,41)(H,31,32,40)/t13-,14+,16-,17-,18+,19+,20-,21-,25?,26?/m1/s1. The monoisotopic (exact) mass is 601 g/mol. The average molecular weight is 602 g/mol. The number of aromatic nitrogens is 5. The van der Waals surface area contributed by atoms with Gasteiger partial charge in [-0.1, -0.05) is 11.8 Å². The van der Waals surface area contributed by atoms with Gasteiger partial charge in [0.05, 0.1) is 12.2 Å². The molecule has 10 N–H and O–H groups in total. The molecule has 2 fully saturated rings. The maximum atomic E-state index is 13.1. The number of aliphatic hydroxyl groups is 4. The van der Waals surface area contributed by atoms with Crippen molar-refractivity contribution < 1.29 is 29.9 Å². The molecule has 232 valence electrons. The summed E-state index contributed by atoms with van der Waals surface area (Å²) in [6.07, 6.45) is -9.30. The number of aryl methyl sites for hydroxylation is 1. The molecule has 2 aliphatic heterocycles. The molecule has 0 amide bonds. The largest absolute Gasteiger partial charge is 0.391 e. The predicted octanol–water partition coefficient (Wildman–Crippen LogP) is -3.54. The fourth-order valence-electron chi connectivity index (χ4n) is 5.31. The van der Waals surface area contributed by atoms with Gasteiger partial charge in [0.1, 0.15) is 36.6 Å². The van der Waals surface area contributed by atoms with E-state index in [1.54, 1.807) is 6.92 Å². The van der Waals surface area contributed by atoms with Crippen LogP contribution in [0.3, 0.4) is 0 Å². The van der Waals surface area contributed by atoms with Gasteiger partial charge in [-0.05, 0) is 40.7 Å². The lowest BCUT2D eigenvalue weighted by molar-refractivity contribution is -0.0787. The summed E-state index contributed by atoms with van der Waals surface area (Å²) >= 11 is 0. The van der Waals surface area contributed by atoms with Crippen molar-refractivity contribution in [2.75, 3.05) is 11.2 Å². The molecule has 2 aromatic rings. The molecule has 10 atom stereocenters. The minimum Gasteiger partial charge on any atom is -0.391 e. The molecule has 0 aliphatic carbocycles. The zero-order chi connectivity index (χ0) is 31.9. The van der Waals surface area contributed by atoms with Crippen molar-refractivity contribution in [3.63, 3.8) is 0 Å². The predicted molar refractivity (Wildman–Crippen MR) is 150 cm³/mol. The number of anilines is 2. The number of rotatable bonds is 7. The number of nitrogen functional groups attached to an aromatic ring is 1. The Labute approximate surface area is 245 Å². The van der Waals surface area contributed by atoms with Crippen molar-refractivity contribution in [2.24, 2.45) is 5.73 Å². The van der Waals surface area contributed by atoms with Gasteiger partial charge in [-0.3, -0.25) is 14.6 Å². The van der Waals surface area contributed by atoms with Gasteiger partial charge in [0.25, 0.3) is 0 Å². The highest BCUT2D eigenvalue weighted by Crippen LogP contribution is 2.40. The first-order chi connectivity index (χ1) is 20.2. The first-order valence-electron chi connectivity index (χ1n) is 13.3. The van der Waals surface area contributed by atoms with E-state index in [0.717, 1.165) is 15.5 Å². The second-order valence-corrected chi connectivity index (χ2v) is 10.4. The maximum absolute atomic E-state index is 13.1. The molecule has 0 spiro atoms. The van der Waals surface area contributed by atoms with Crippen LogP contribution in [0.15, 0.2) is 22.0 Å². The molecule has 4 heterocycles. The Bertz CT molecular complexity index is 1610. The minimum absolute atomic E-state index is 0.0264. The summed E-state index contributed by atoms with van der Waals surface area (Å²) in [5, 5.41) is 42.5. The van der Waals surface area contributed by atoms with Gasteiger partial charge >= 0.3 is 11.4 Å². The van der Waals surface area contributed by atoms with Crippen LogP contribution in [0.1, 0.15) is 45.8 Å². The highest BCUT2D eigenvalue weighted by atomic mass is 16.6. The molecule has 43 heavy (non-hydrogen) atoms. The van der Waals surface area contributed by atoms with Gasteiger partial charge < -0.3 is 41.4 Å². The third-order valence-electron chi connectivity index (χ3n) is 7.34. The molecule has 0 aromatic carbocycles. The molecular formula is C26H35N9O8. The Balaban J connectivity index is 1.71. The van der Waals surface area contributed by atoms with Gasteiger partial charge in [0.15, 0.2) is 23.5 Å². The molecule has 4 rings (SSSR count). The van der Waals surface area contributed by atoms with Crippen molar-refractivity contribution in [1.29, 1.82) is 0 Å². The van der Waals surface area contributed by atoms with Crippen molar-refractivity contribution in [3.05, 3.63) is 39.1 Å². The van der Waals surface area contributed by atoms with Crippen LogP contribution in [0, 0.1) is 30.6 Å². The molecule has 2 saturated heterocycles. The van der Waals surface area contributed by atoms with Crippen molar-refractivity contribution in [3.8, 4) is 23.7 Å². The average Bonchev–Trinajstić information content (AvgIpc) is 3.34. The summed E-state index contributed by atoms with van der Waals surface area (Å²) in [7, 11) is 0. The first-order valence-corrected chi connectivity index (χ1v) is 13.3. The quantitative estimate of drug-likeness (QED) is 0.113. The Morgan fingerprint density at radius 2 is 1.60 bits per heavy atom. The number of aliphatic hydroxyl groups excluding tert-OH is 4. The van der Waals surface area contributed by atoms with E-state index in [4.69, 9.17) is 20.9 Å². The van der Waals surface area contributed by atoms with E-state index < -0.39 is 71.5 Å². The van der Waals surface area contributed by atoms with E-state index in [1.165, 1.54) is 33.8 Å². The number of nitrogens with zero attached hydrogens (tertiary/aromatic N) is 5. The number of hydrogen-bond donors (Lipinski definition) is 8. The molecule has 17 heteroatoms. The number of nitrogens with two attached hydrogens (primary N) is 2. The lowest BCUT2D eigenvalue weighted by Crippen LogP contribution is -2.60. The summed E-state index contributed by atoms with van der Waals surface area (Å²) in [4.78, 5) is 37.8. The molecule has 17 nitrogen and oxygen atoms in total. The Hall–Kier alpha value is -3.91. The van der Waals surface area contributed by atoms with Crippen LogP contribution in [0.25, 0.3) is 0 Å². The van der Waals surface area contributed by atoms with Gasteiger partial charge in [-0.25, -0.2) is 20.0 Å². The van der Waals surface area contributed by atoms with Gasteiger partial charge in [0, 0.05) is 5.69 Å². The smallest absolute Gasteiger partial charge is 0.354 e. The van der Waals surface area contributed by atoms with Crippen molar-refractivity contribution >= 4 is 11.8 Å². The fraction of sp³-hybridized carbons (Fsp3) is 0.577. The normalized spacial score (nSPS) is 33.2. The topological polar surface area (TPSA) is 258 Å². The third-order valence-corrected chi connectivity index (χ3v) is 7.34. The Morgan fingerprint density at radius 1 is 1.00 bits per heavy atom. The highest BCUT2D eigenvalue weighted by molar-refractivity contribution is 5.34. The summed E-state index contributed by atoms with van der Waals surface area (Å²) in [5.41, 5.74) is 12.5. The lowest BCUT2D eigenvalue weighted by atomic mass is 9.89. The fourth-order valence-corrected chi connectivity index (χ4v) is 5.31. The van der Waals surface area contributed by atoms with E-state index >= 15 is 0 Å². The SMILES string of the molecule is CC#CC1(N)[C@@H](O)[C@@H]([C@@H](C)O)O[C@H]1n1cnc(NNC2(C#CC)[C@@H](O)[C@@H]([C@H](C)O)O[C@H]2n2c(C)cc(N)nc2=O)nc1=O. The Kier molecular flexibility index (Phi) is 8.93. The van der Waals surface area contributed by atoms with Gasteiger partial charge in [-0.15, -0.1) is 11.8 Å². The van der Waals surface area contributed by atoms with Crippen LogP contribution in [0.5, 0.6) is 0 Å². The summed E-state index contributed by atoms with van der Waals surface area (Å²) in [5.74, 6) is 10.5. The number of hydrogen-bond acceptors (Lipinski definition) is 15. The van der Waals surface area contributed by atoms with E-state index in [-0.39, 0.29) is 11.8 Å². The van der Waals surface area contributed by atoms with Crippen LogP contribution in [0.4, 0.5) is 11.8 Å². The van der Waals surface area contributed by atoms with Gasteiger partial charge in [-0.2, -0.15) is 9.97 Å². The van der Waals surface area contributed by atoms with Crippen LogP contribution >= 0.6 is 0 Å². The molecule has 2 aromatic heterocycles. The molecule has 0 radical (unpaired) electrons. The zero-order valence-corrected chi connectivity index (χ0v) is 24.1. The van der Waals surface area contributed by atoms with E-state index in [1.807, 2.05) is 0 Å². The molecule has 0 bridgehead atoms. The van der Waals surface area contributed by atoms with Crippen molar-refractivity contribution in [2.45, 2.75) is 94.8 Å². The second-order valence-electron chi connectivity index (χ2n) is 10.4. The Morgan fingerprint density at radius 3 is 2.16 bits per heavy atom. The van der Waals surface area contributed by atoms with Crippen LogP contribution < -0.4 is 33.7 Å². The summed E-state index contributed by atoms with van der Waals surface area (Å²) < 4.78 is 13.7. The zero-order valence-electron chi connectivity index (χ0n) is 24.1. The van der Waals surface area contributed by atoms with Crippen molar-refractivity contribution in [1.82, 2.24) is 29.5 Å². The highest BCUT2D eigenvalue weighted by Gasteiger charge is 2.59. The first kappa shape index (κ1) is 32.0. The van der Waals surface area contributed by atoms with E-state index in [0.29, 0.717) is 5.69 Å². The van der Waals surface area contributed by atoms with E-state index in [9.17, 15) is 30.0 Å². The van der Waals surface area contributed by atoms with Crippen LogP contribution in [0.2, 0.25) is 0 Å². The number of ether oxygens (including phenoxy) is 2. The molecule has 2 unspecified atom stereocenters. The summed E-state index contributed by atoms with van der Waals surface area (Å²) in [6, 6.07) is 1.43. The van der Waals surface area contributed by atoms with E-state index in [2.05, 4.69) is 49.5 Å². The molecule has 0 saturated carbocycles.